The minimum absolute atomic E-state index is 0.00815. The number of hydrogen-bond acceptors (Lipinski definition) is 5. The van der Waals surface area contributed by atoms with Gasteiger partial charge < -0.3 is 19.7 Å². The fourth-order valence-electron chi connectivity index (χ4n) is 3.77. The van der Waals surface area contributed by atoms with Crippen molar-refractivity contribution in [3.8, 4) is 0 Å². The minimum Gasteiger partial charge on any atom is -0.465 e. The molecule has 27 heavy (non-hydrogen) atoms. The second-order valence-corrected chi connectivity index (χ2v) is 6.76. The van der Waals surface area contributed by atoms with Crippen LogP contribution in [0.2, 0.25) is 0 Å². The number of hydrogen-bond donors (Lipinski definition) is 1. The van der Waals surface area contributed by atoms with Crippen LogP contribution in [-0.4, -0.2) is 43.1 Å². The van der Waals surface area contributed by atoms with Crippen LogP contribution < -0.4 is 5.32 Å². The van der Waals surface area contributed by atoms with Crippen molar-refractivity contribution in [2.75, 3.05) is 25.6 Å². The fourth-order valence-corrected chi connectivity index (χ4v) is 3.77. The molecule has 2 aliphatic heterocycles. The number of amides is 1. The van der Waals surface area contributed by atoms with Crippen LogP contribution in [0.1, 0.15) is 45.3 Å². The van der Waals surface area contributed by atoms with Gasteiger partial charge in [0.1, 0.15) is 6.17 Å². The van der Waals surface area contributed by atoms with Crippen LogP contribution in [0.15, 0.2) is 48.5 Å². The lowest BCUT2D eigenvalue weighted by molar-refractivity contribution is 0.0420. The summed E-state index contributed by atoms with van der Waals surface area (Å²) >= 11 is 0. The maximum absolute atomic E-state index is 13.3. The second kappa shape index (κ2) is 7.40. The molecule has 2 aromatic rings. The molecule has 140 valence electrons. The van der Waals surface area contributed by atoms with Gasteiger partial charge in [-0.25, -0.2) is 4.79 Å². The molecule has 2 aromatic carbocycles. The number of carbonyl (C=O) groups excluding carboxylic acids is 2. The maximum atomic E-state index is 13.3. The molecule has 1 fully saturated rings. The summed E-state index contributed by atoms with van der Waals surface area (Å²) in [4.78, 5) is 27.3. The number of benzene rings is 2. The third-order valence-electron chi connectivity index (χ3n) is 5.11. The van der Waals surface area contributed by atoms with Crippen LogP contribution in [0.5, 0.6) is 0 Å². The zero-order valence-electron chi connectivity index (χ0n) is 15.2. The Morgan fingerprint density at radius 3 is 2.78 bits per heavy atom. The van der Waals surface area contributed by atoms with Gasteiger partial charge in [-0.15, -0.1) is 0 Å². The van der Waals surface area contributed by atoms with E-state index in [-0.39, 0.29) is 12.0 Å². The predicted molar refractivity (Wildman–Crippen MR) is 101 cm³/mol. The van der Waals surface area contributed by atoms with Gasteiger partial charge in [-0.05, 0) is 31.0 Å². The number of esters is 1. The topological polar surface area (TPSA) is 67.9 Å². The van der Waals surface area contributed by atoms with E-state index in [0.717, 1.165) is 25.1 Å². The number of para-hydroxylation sites is 1. The first-order chi connectivity index (χ1) is 13.2. The first-order valence-electron chi connectivity index (χ1n) is 9.14. The van der Waals surface area contributed by atoms with E-state index < -0.39 is 12.1 Å². The van der Waals surface area contributed by atoms with E-state index in [1.54, 1.807) is 17.0 Å². The van der Waals surface area contributed by atoms with Crippen molar-refractivity contribution in [3.05, 3.63) is 65.2 Å². The Bertz CT molecular complexity index is 861. The van der Waals surface area contributed by atoms with Crippen LogP contribution in [0, 0.1) is 0 Å². The summed E-state index contributed by atoms with van der Waals surface area (Å²) in [6.45, 7) is 1.19. The molecule has 0 unspecified atom stereocenters. The number of nitrogens with zero attached hydrogens (tertiary/aromatic N) is 1. The van der Waals surface area contributed by atoms with E-state index in [4.69, 9.17) is 9.47 Å². The Kier molecular flexibility index (Phi) is 4.81. The van der Waals surface area contributed by atoms with E-state index in [2.05, 4.69) is 5.32 Å². The average molecular weight is 366 g/mol. The van der Waals surface area contributed by atoms with E-state index in [1.807, 2.05) is 36.4 Å². The van der Waals surface area contributed by atoms with Gasteiger partial charge in [-0.2, -0.15) is 0 Å². The lowest BCUT2D eigenvalue weighted by Crippen LogP contribution is -2.46. The summed E-state index contributed by atoms with van der Waals surface area (Å²) in [5, 5.41) is 3.43. The Hall–Kier alpha value is -2.86. The highest BCUT2D eigenvalue weighted by atomic mass is 16.5. The molecule has 6 heteroatoms. The van der Waals surface area contributed by atoms with E-state index in [1.165, 1.54) is 7.11 Å². The second-order valence-electron chi connectivity index (χ2n) is 6.76. The molecule has 0 aromatic heterocycles. The van der Waals surface area contributed by atoms with Crippen molar-refractivity contribution in [1.82, 2.24) is 4.90 Å². The molecule has 6 nitrogen and oxygen atoms in total. The summed E-state index contributed by atoms with van der Waals surface area (Å²) in [7, 11) is 1.36. The summed E-state index contributed by atoms with van der Waals surface area (Å²) in [6.07, 6.45) is 1.47. The maximum Gasteiger partial charge on any atom is 0.338 e. The van der Waals surface area contributed by atoms with E-state index in [0.29, 0.717) is 23.2 Å². The molecule has 2 aliphatic rings. The van der Waals surface area contributed by atoms with Crippen LogP contribution in [-0.2, 0) is 9.47 Å². The quantitative estimate of drug-likeness (QED) is 0.842. The first-order valence-corrected chi connectivity index (χ1v) is 9.14. The smallest absolute Gasteiger partial charge is 0.338 e. The van der Waals surface area contributed by atoms with E-state index >= 15 is 0 Å². The average Bonchev–Trinajstić information content (AvgIpc) is 3.22. The van der Waals surface area contributed by atoms with Gasteiger partial charge >= 0.3 is 5.97 Å². The van der Waals surface area contributed by atoms with Gasteiger partial charge in [0.2, 0.25) is 0 Å². The Labute approximate surface area is 158 Å². The van der Waals surface area contributed by atoms with Crippen molar-refractivity contribution in [3.63, 3.8) is 0 Å². The number of ether oxygens (including phenoxy) is 2. The molecule has 0 radical (unpaired) electrons. The molecule has 0 aliphatic carbocycles. The van der Waals surface area contributed by atoms with Gasteiger partial charge in [0.05, 0.1) is 24.3 Å². The van der Waals surface area contributed by atoms with Crippen LogP contribution in [0.4, 0.5) is 5.69 Å². The van der Waals surface area contributed by atoms with Gasteiger partial charge in [-0.1, -0.05) is 30.3 Å². The molecule has 0 saturated carbocycles. The largest absolute Gasteiger partial charge is 0.465 e. The molecule has 2 atom stereocenters. The molecule has 1 N–H and O–H groups in total. The highest BCUT2D eigenvalue weighted by Gasteiger charge is 2.36. The summed E-state index contributed by atoms with van der Waals surface area (Å²) in [5.74, 6) is -0.486. The first kappa shape index (κ1) is 17.5. The third-order valence-corrected chi connectivity index (χ3v) is 5.11. The minimum atomic E-state index is -0.466. The van der Waals surface area contributed by atoms with Crippen LogP contribution in [0.25, 0.3) is 0 Å². The van der Waals surface area contributed by atoms with Gasteiger partial charge in [0.25, 0.3) is 5.91 Å². The van der Waals surface area contributed by atoms with Crippen molar-refractivity contribution < 1.29 is 19.1 Å². The number of nitrogens with one attached hydrogen (secondary N) is 1. The molecule has 0 spiro atoms. The number of fused-ring (bicyclic) bond motifs is 1. The van der Waals surface area contributed by atoms with Crippen LogP contribution >= 0.6 is 0 Å². The molecular weight excluding hydrogens is 344 g/mol. The highest BCUT2D eigenvalue weighted by Crippen LogP contribution is 2.35. The van der Waals surface area contributed by atoms with Gasteiger partial charge in [0, 0.05) is 24.4 Å². The number of carbonyl (C=O) groups is 2. The zero-order valence-corrected chi connectivity index (χ0v) is 15.2. The zero-order chi connectivity index (χ0) is 18.8. The molecule has 0 bridgehead atoms. The SMILES string of the molecule is COC(=O)c1ccccc1[C@@H]1Nc2ccccc2C(=O)N1C[C@@H]1CCCO1. The Morgan fingerprint density at radius 2 is 2.00 bits per heavy atom. The van der Waals surface area contributed by atoms with E-state index in [9.17, 15) is 9.59 Å². The number of rotatable bonds is 4. The summed E-state index contributed by atoms with van der Waals surface area (Å²) < 4.78 is 10.7. The summed E-state index contributed by atoms with van der Waals surface area (Å²) in [5.41, 5.74) is 2.55. The predicted octanol–water partition coefficient (Wildman–Crippen LogP) is 3.22. The van der Waals surface area contributed by atoms with Crippen molar-refractivity contribution >= 4 is 17.6 Å². The van der Waals surface area contributed by atoms with Gasteiger partial charge in [0.15, 0.2) is 0 Å². The molecule has 1 saturated heterocycles. The normalized spacial score (nSPS) is 21.5. The highest BCUT2D eigenvalue weighted by molar-refractivity contribution is 6.02. The summed E-state index contributed by atoms with van der Waals surface area (Å²) in [6, 6.07) is 14.7. The Balaban J connectivity index is 1.76. The van der Waals surface area contributed by atoms with Crippen molar-refractivity contribution in [2.45, 2.75) is 25.1 Å². The van der Waals surface area contributed by atoms with Crippen molar-refractivity contribution in [1.29, 1.82) is 0 Å². The monoisotopic (exact) mass is 366 g/mol. The lowest BCUT2D eigenvalue weighted by atomic mass is 9.99. The number of methoxy groups -OCH3 is 1. The lowest BCUT2D eigenvalue weighted by Gasteiger charge is -2.39. The molecule has 4 rings (SSSR count). The standard InChI is InChI=1S/C21H22N2O4/c1-26-21(25)16-9-3-2-8-15(16)19-22-18-11-5-4-10-17(18)20(24)23(19)13-14-7-6-12-27-14/h2-5,8-11,14,19,22H,6-7,12-13H2,1H3/t14-,19+/m0/s1. The van der Waals surface area contributed by atoms with Crippen molar-refractivity contribution in [2.24, 2.45) is 0 Å². The number of anilines is 1. The molecule has 1 amide bonds. The van der Waals surface area contributed by atoms with Gasteiger partial charge in [-0.3, -0.25) is 4.79 Å². The Morgan fingerprint density at radius 1 is 1.22 bits per heavy atom. The van der Waals surface area contributed by atoms with Crippen LogP contribution in [0.3, 0.4) is 0 Å². The fraction of sp³-hybridized carbons (Fsp3) is 0.333. The molecule has 2 heterocycles. The third kappa shape index (κ3) is 3.28. The molecular formula is C21H22N2O4.